The maximum atomic E-state index is 12.2. The molecular formula is C17H24N3O5+. The molecule has 3 N–H and O–H groups in total. The third kappa shape index (κ3) is 5.46. The third-order valence-electron chi connectivity index (χ3n) is 4.19. The minimum Gasteiger partial charge on any atom is -0.497 e. The first kappa shape index (κ1) is 18.7. The zero-order valence-electron chi connectivity index (χ0n) is 14.5. The van der Waals surface area contributed by atoms with Crippen LogP contribution in [0.4, 0.5) is 0 Å². The van der Waals surface area contributed by atoms with Crippen molar-refractivity contribution < 1.29 is 28.8 Å². The fourth-order valence-corrected chi connectivity index (χ4v) is 2.74. The maximum absolute atomic E-state index is 12.2. The first-order valence-electron chi connectivity index (χ1n) is 8.12. The second kappa shape index (κ2) is 9.03. The first-order chi connectivity index (χ1) is 12.0. The molecule has 0 radical (unpaired) electrons. The number of esters is 1. The van der Waals surface area contributed by atoms with Gasteiger partial charge in [0.15, 0.2) is 12.6 Å². The Morgan fingerprint density at radius 2 is 2.00 bits per heavy atom. The molecule has 8 nitrogen and oxygen atoms in total. The molecule has 2 rings (SSSR count). The van der Waals surface area contributed by atoms with Gasteiger partial charge in [-0.3, -0.25) is 14.4 Å². The molecule has 25 heavy (non-hydrogen) atoms. The number of nitrogens with one attached hydrogen (secondary N) is 3. The minimum atomic E-state index is -0.604. The van der Waals surface area contributed by atoms with Gasteiger partial charge in [-0.15, -0.1) is 0 Å². The molecular weight excluding hydrogens is 326 g/mol. The Balaban J connectivity index is 1.88. The number of methoxy groups -OCH3 is 2. The Hall–Kier alpha value is -2.61. The highest BCUT2D eigenvalue weighted by atomic mass is 16.5. The van der Waals surface area contributed by atoms with Crippen LogP contribution in [0.3, 0.4) is 0 Å². The quantitative estimate of drug-likeness (QED) is 0.507. The molecule has 1 heterocycles. The molecule has 1 aliphatic rings. The zero-order chi connectivity index (χ0) is 18.2. The lowest BCUT2D eigenvalue weighted by Gasteiger charge is -2.30. The normalized spacial score (nSPS) is 19.7. The van der Waals surface area contributed by atoms with Crippen molar-refractivity contribution in [2.75, 3.05) is 33.9 Å². The van der Waals surface area contributed by atoms with Gasteiger partial charge < -0.3 is 25.0 Å². The maximum Gasteiger partial charge on any atom is 0.312 e. The van der Waals surface area contributed by atoms with Crippen molar-refractivity contribution in [2.45, 2.75) is 19.0 Å². The highest BCUT2D eigenvalue weighted by Gasteiger charge is 2.36. The number of piperazine rings is 1. The molecule has 0 aliphatic carbocycles. The van der Waals surface area contributed by atoms with E-state index in [1.807, 2.05) is 24.3 Å². The fraction of sp³-hybridized carbons (Fsp3) is 0.471. The van der Waals surface area contributed by atoms with E-state index < -0.39 is 12.0 Å². The topological polar surface area (TPSA) is 98.2 Å². The van der Waals surface area contributed by atoms with Crippen LogP contribution in [0.15, 0.2) is 24.3 Å². The fourth-order valence-electron chi connectivity index (χ4n) is 2.74. The molecule has 1 aromatic carbocycles. The van der Waals surface area contributed by atoms with E-state index >= 15 is 0 Å². The molecule has 1 aliphatic heterocycles. The molecule has 0 saturated carbocycles. The summed E-state index contributed by atoms with van der Waals surface area (Å²) in [7, 11) is 2.88. The summed E-state index contributed by atoms with van der Waals surface area (Å²) in [6.07, 6.45) is -0.0383. The average molecular weight is 350 g/mol. The summed E-state index contributed by atoms with van der Waals surface area (Å²) in [5.41, 5.74) is 0.951. The molecule has 2 atom stereocenters. The molecule has 1 saturated heterocycles. The van der Waals surface area contributed by atoms with Crippen molar-refractivity contribution in [1.29, 1.82) is 0 Å². The number of carbonyl (C=O) groups is 3. The van der Waals surface area contributed by atoms with Crippen molar-refractivity contribution in [2.24, 2.45) is 0 Å². The first-order valence-corrected chi connectivity index (χ1v) is 8.12. The number of hydrogen-bond acceptors (Lipinski definition) is 5. The number of ether oxygens (including phenoxy) is 2. The Kier molecular flexibility index (Phi) is 6.76. The van der Waals surface area contributed by atoms with Gasteiger partial charge in [0.2, 0.25) is 0 Å². The lowest BCUT2D eigenvalue weighted by Crippen LogP contribution is -3.20. The molecule has 0 bridgehead atoms. The summed E-state index contributed by atoms with van der Waals surface area (Å²) in [6, 6.07) is 6.80. The largest absolute Gasteiger partial charge is 0.497 e. The van der Waals surface area contributed by atoms with E-state index in [9.17, 15) is 14.4 Å². The summed E-state index contributed by atoms with van der Waals surface area (Å²) in [5, 5.41) is 5.56. The highest BCUT2D eigenvalue weighted by molar-refractivity contribution is 5.86. The van der Waals surface area contributed by atoms with Crippen molar-refractivity contribution in [3.63, 3.8) is 0 Å². The Morgan fingerprint density at radius 3 is 2.64 bits per heavy atom. The van der Waals surface area contributed by atoms with E-state index in [2.05, 4.69) is 15.4 Å². The van der Waals surface area contributed by atoms with E-state index in [1.54, 1.807) is 7.11 Å². The number of amides is 2. The standard InChI is InChI=1S/C17H23N3O5/c1-24-13-5-3-12(4-6-13)10-19-15(21)11-20-8-7-18-17(23)14(20)9-16(22)25-2/h3-6,14H,7-11H2,1-2H3,(H,18,23)(H,19,21)/p+1/t14-/m1/s1. The summed E-state index contributed by atoms with van der Waals surface area (Å²) in [4.78, 5) is 36.5. The van der Waals surface area contributed by atoms with E-state index in [4.69, 9.17) is 4.74 Å². The molecule has 1 aromatic rings. The van der Waals surface area contributed by atoms with Gasteiger partial charge in [-0.05, 0) is 17.7 Å². The number of carbonyl (C=O) groups excluding carboxylic acids is 3. The van der Waals surface area contributed by atoms with Crippen LogP contribution < -0.4 is 20.3 Å². The molecule has 1 unspecified atom stereocenters. The zero-order valence-corrected chi connectivity index (χ0v) is 14.5. The number of hydrogen-bond donors (Lipinski definition) is 3. The van der Waals surface area contributed by atoms with Gasteiger partial charge in [-0.25, -0.2) is 0 Å². The van der Waals surface area contributed by atoms with Gasteiger partial charge >= 0.3 is 5.97 Å². The van der Waals surface area contributed by atoms with Gasteiger partial charge in [0.05, 0.1) is 27.3 Å². The highest BCUT2D eigenvalue weighted by Crippen LogP contribution is 2.10. The summed E-state index contributed by atoms with van der Waals surface area (Å²) in [6.45, 7) is 1.59. The Labute approximate surface area is 146 Å². The second-order valence-electron chi connectivity index (χ2n) is 5.83. The van der Waals surface area contributed by atoms with E-state index in [-0.39, 0.29) is 24.8 Å². The number of quaternary nitrogens is 1. The third-order valence-corrected chi connectivity index (χ3v) is 4.19. The molecule has 136 valence electrons. The lowest BCUT2D eigenvalue weighted by molar-refractivity contribution is -0.909. The van der Waals surface area contributed by atoms with Crippen LogP contribution in [-0.2, 0) is 25.7 Å². The van der Waals surface area contributed by atoms with Crippen LogP contribution in [0.1, 0.15) is 12.0 Å². The van der Waals surface area contributed by atoms with Crippen LogP contribution in [0.25, 0.3) is 0 Å². The minimum absolute atomic E-state index is 0.0383. The predicted molar refractivity (Wildman–Crippen MR) is 89.0 cm³/mol. The van der Waals surface area contributed by atoms with Crippen LogP contribution in [0, 0.1) is 0 Å². The van der Waals surface area contributed by atoms with Crippen molar-refractivity contribution in [3.8, 4) is 5.75 Å². The predicted octanol–water partition coefficient (Wildman–Crippen LogP) is -1.74. The molecule has 1 fully saturated rings. The summed E-state index contributed by atoms with van der Waals surface area (Å²) < 4.78 is 9.73. The van der Waals surface area contributed by atoms with Crippen molar-refractivity contribution in [1.82, 2.24) is 10.6 Å². The van der Waals surface area contributed by atoms with E-state index in [1.165, 1.54) is 7.11 Å². The van der Waals surface area contributed by atoms with Crippen molar-refractivity contribution in [3.05, 3.63) is 29.8 Å². The average Bonchev–Trinajstić information content (AvgIpc) is 2.63. The number of rotatable bonds is 7. The van der Waals surface area contributed by atoms with Gasteiger partial charge in [0.1, 0.15) is 12.2 Å². The van der Waals surface area contributed by atoms with Gasteiger partial charge in [0, 0.05) is 6.54 Å². The van der Waals surface area contributed by atoms with Gasteiger partial charge in [-0.2, -0.15) is 0 Å². The summed E-state index contributed by atoms with van der Waals surface area (Å²) in [5.74, 6) is -0.104. The lowest BCUT2D eigenvalue weighted by atomic mass is 10.1. The molecule has 8 heteroatoms. The van der Waals surface area contributed by atoms with Crippen LogP contribution in [0.2, 0.25) is 0 Å². The van der Waals surface area contributed by atoms with E-state index in [0.717, 1.165) is 16.2 Å². The van der Waals surface area contributed by atoms with Crippen molar-refractivity contribution >= 4 is 17.8 Å². The smallest absolute Gasteiger partial charge is 0.312 e. The molecule has 0 aromatic heterocycles. The van der Waals surface area contributed by atoms with Crippen LogP contribution in [0.5, 0.6) is 5.75 Å². The van der Waals surface area contributed by atoms with Crippen LogP contribution >= 0.6 is 0 Å². The SMILES string of the molecule is COC(=O)C[C@@H]1C(=O)NCC[NH+]1CC(=O)NCc1ccc(OC)cc1. The number of benzene rings is 1. The van der Waals surface area contributed by atoms with Crippen LogP contribution in [-0.4, -0.2) is 57.7 Å². The Morgan fingerprint density at radius 1 is 1.28 bits per heavy atom. The monoisotopic (exact) mass is 350 g/mol. The molecule has 2 amide bonds. The summed E-state index contributed by atoms with van der Waals surface area (Å²) >= 11 is 0. The van der Waals surface area contributed by atoms with E-state index in [0.29, 0.717) is 19.6 Å². The van der Waals surface area contributed by atoms with Gasteiger partial charge in [-0.1, -0.05) is 12.1 Å². The molecule has 0 spiro atoms. The van der Waals surface area contributed by atoms with Gasteiger partial charge in [0.25, 0.3) is 11.8 Å². The second-order valence-corrected chi connectivity index (χ2v) is 5.83. The Bertz CT molecular complexity index is 617.